The van der Waals surface area contributed by atoms with E-state index in [2.05, 4.69) is 17.6 Å². The fourth-order valence-electron chi connectivity index (χ4n) is 2.54. The molecule has 28 heavy (non-hydrogen) atoms. The van der Waals surface area contributed by atoms with E-state index in [9.17, 15) is 14.4 Å². The number of carbonyl (C=O) groups is 3. The monoisotopic (exact) mass is 400 g/mol. The van der Waals surface area contributed by atoms with Crippen LogP contribution in [0.5, 0.6) is 0 Å². The van der Waals surface area contributed by atoms with Crippen molar-refractivity contribution in [2.45, 2.75) is 111 Å². The summed E-state index contributed by atoms with van der Waals surface area (Å²) in [4.78, 5) is 37.0. The quantitative estimate of drug-likeness (QED) is 0.572. The minimum atomic E-state index is -0.875. The van der Waals surface area contributed by atoms with Gasteiger partial charge in [0.1, 0.15) is 17.2 Å². The summed E-state index contributed by atoms with van der Waals surface area (Å²) in [6.45, 7) is 16.7. The molecule has 0 aromatic heterocycles. The molecule has 0 aliphatic heterocycles. The maximum Gasteiger partial charge on any atom is 0.408 e. The van der Waals surface area contributed by atoms with Crippen LogP contribution in [-0.2, 0) is 19.1 Å². The van der Waals surface area contributed by atoms with Crippen molar-refractivity contribution in [1.82, 2.24) is 10.6 Å². The molecular formula is C21H40N2O5. The summed E-state index contributed by atoms with van der Waals surface area (Å²) in [6.07, 6.45) is 1.25. The average Bonchev–Trinajstić information content (AvgIpc) is 2.47. The maximum atomic E-state index is 12.8. The number of rotatable bonds is 9. The van der Waals surface area contributed by atoms with E-state index in [1.807, 2.05) is 13.8 Å². The van der Waals surface area contributed by atoms with Crippen molar-refractivity contribution in [3.63, 3.8) is 0 Å². The van der Waals surface area contributed by atoms with Crippen molar-refractivity contribution in [3.8, 4) is 0 Å². The standard InChI is InChI=1S/C21H40N2O5/c1-10-11-15(14(2)3)22-18(25)16(23-19(26)28-21(7,8)9)12-13-17(24)27-20(4,5)6/h14-16H,10-13H2,1-9H3,(H,22,25)(H,23,26). The zero-order chi connectivity index (χ0) is 22.1. The summed E-state index contributed by atoms with van der Waals surface area (Å²) in [7, 11) is 0. The molecule has 2 atom stereocenters. The molecule has 0 rings (SSSR count). The van der Waals surface area contributed by atoms with Gasteiger partial charge in [0.05, 0.1) is 0 Å². The van der Waals surface area contributed by atoms with Crippen LogP contribution in [0.1, 0.15) is 88.0 Å². The summed E-state index contributed by atoms with van der Waals surface area (Å²) in [5.74, 6) is -0.469. The van der Waals surface area contributed by atoms with Crippen LogP contribution >= 0.6 is 0 Å². The molecule has 7 nitrogen and oxygen atoms in total. The molecule has 2 N–H and O–H groups in total. The lowest BCUT2D eigenvalue weighted by Gasteiger charge is -2.27. The molecule has 7 heteroatoms. The van der Waals surface area contributed by atoms with Crippen LogP contribution < -0.4 is 10.6 Å². The van der Waals surface area contributed by atoms with Crippen molar-refractivity contribution in [2.24, 2.45) is 5.92 Å². The highest BCUT2D eigenvalue weighted by Crippen LogP contribution is 2.13. The van der Waals surface area contributed by atoms with Gasteiger partial charge >= 0.3 is 12.1 Å². The predicted molar refractivity (Wildman–Crippen MR) is 110 cm³/mol. The van der Waals surface area contributed by atoms with Gasteiger partial charge in [-0.05, 0) is 60.3 Å². The molecule has 2 amide bonds. The smallest absolute Gasteiger partial charge is 0.408 e. The third-order valence-corrected chi connectivity index (χ3v) is 3.80. The van der Waals surface area contributed by atoms with Crippen LogP contribution in [0.2, 0.25) is 0 Å². The molecule has 0 aromatic rings. The van der Waals surface area contributed by atoms with Gasteiger partial charge in [0.2, 0.25) is 5.91 Å². The van der Waals surface area contributed by atoms with Crippen molar-refractivity contribution in [2.75, 3.05) is 0 Å². The summed E-state index contributed by atoms with van der Waals surface area (Å²) in [5.41, 5.74) is -1.28. The van der Waals surface area contributed by atoms with E-state index in [0.29, 0.717) is 0 Å². The Balaban J connectivity index is 5.12. The van der Waals surface area contributed by atoms with Gasteiger partial charge in [-0.2, -0.15) is 0 Å². The van der Waals surface area contributed by atoms with Gasteiger partial charge in [0.25, 0.3) is 0 Å². The summed E-state index contributed by atoms with van der Waals surface area (Å²) >= 11 is 0. The van der Waals surface area contributed by atoms with Gasteiger partial charge in [0.15, 0.2) is 0 Å². The molecule has 0 aliphatic carbocycles. The molecule has 0 saturated heterocycles. The van der Waals surface area contributed by atoms with E-state index in [1.54, 1.807) is 41.5 Å². The molecule has 0 fully saturated rings. The zero-order valence-corrected chi connectivity index (χ0v) is 19.1. The molecule has 0 saturated carbocycles. The van der Waals surface area contributed by atoms with Crippen molar-refractivity contribution < 1.29 is 23.9 Å². The molecule has 164 valence electrons. The lowest BCUT2D eigenvalue weighted by atomic mass is 9.98. The van der Waals surface area contributed by atoms with Crippen LogP contribution in [0, 0.1) is 5.92 Å². The minimum Gasteiger partial charge on any atom is -0.460 e. The topological polar surface area (TPSA) is 93.7 Å². The van der Waals surface area contributed by atoms with Gasteiger partial charge in [-0.1, -0.05) is 27.2 Å². The first kappa shape index (κ1) is 26.2. The Morgan fingerprint density at radius 1 is 0.857 bits per heavy atom. The van der Waals surface area contributed by atoms with Crippen molar-refractivity contribution in [1.29, 1.82) is 0 Å². The highest BCUT2D eigenvalue weighted by atomic mass is 16.6. The summed E-state index contributed by atoms with van der Waals surface area (Å²) < 4.78 is 10.6. The lowest BCUT2D eigenvalue weighted by Crippen LogP contribution is -2.51. The largest absolute Gasteiger partial charge is 0.460 e. The minimum absolute atomic E-state index is 0.00182. The second-order valence-electron chi connectivity index (χ2n) is 9.47. The molecular weight excluding hydrogens is 360 g/mol. The van der Waals surface area contributed by atoms with E-state index in [-0.39, 0.29) is 30.7 Å². The Hall–Kier alpha value is -1.79. The fraction of sp³-hybridized carbons (Fsp3) is 0.857. The first-order valence-corrected chi connectivity index (χ1v) is 10.2. The number of nitrogens with one attached hydrogen (secondary N) is 2. The van der Waals surface area contributed by atoms with Crippen LogP contribution in [0.25, 0.3) is 0 Å². The first-order valence-electron chi connectivity index (χ1n) is 10.2. The Kier molecular flexibility index (Phi) is 10.5. The molecule has 0 bridgehead atoms. The van der Waals surface area contributed by atoms with Gasteiger partial charge in [-0.25, -0.2) is 4.79 Å². The second kappa shape index (κ2) is 11.3. The fourth-order valence-corrected chi connectivity index (χ4v) is 2.54. The zero-order valence-electron chi connectivity index (χ0n) is 19.1. The molecule has 0 spiro atoms. The first-order chi connectivity index (χ1) is 12.6. The van der Waals surface area contributed by atoms with E-state index >= 15 is 0 Å². The number of hydrogen-bond donors (Lipinski definition) is 2. The predicted octanol–water partition coefficient (Wildman–Crippen LogP) is 3.94. The molecule has 0 radical (unpaired) electrons. The van der Waals surface area contributed by atoms with Crippen LogP contribution in [-0.4, -0.2) is 41.3 Å². The number of ether oxygens (including phenoxy) is 2. The number of amides is 2. The average molecular weight is 401 g/mol. The van der Waals surface area contributed by atoms with Gasteiger partial charge in [-0.15, -0.1) is 0 Å². The van der Waals surface area contributed by atoms with E-state index in [0.717, 1.165) is 12.8 Å². The van der Waals surface area contributed by atoms with E-state index in [1.165, 1.54) is 0 Å². The van der Waals surface area contributed by atoms with E-state index < -0.39 is 29.3 Å². The Morgan fingerprint density at radius 3 is 1.82 bits per heavy atom. The highest BCUT2D eigenvalue weighted by molar-refractivity contribution is 5.86. The molecule has 2 unspecified atom stereocenters. The molecule has 0 aliphatic rings. The van der Waals surface area contributed by atoms with E-state index in [4.69, 9.17) is 9.47 Å². The third kappa shape index (κ3) is 12.6. The van der Waals surface area contributed by atoms with Crippen LogP contribution in [0.15, 0.2) is 0 Å². The maximum absolute atomic E-state index is 12.8. The lowest BCUT2D eigenvalue weighted by molar-refractivity contribution is -0.155. The van der Waals surface area contributed by atoms with Gasteiger partial charge in [0, 0.05) is 12.5 Å². The normalized spacial score (nSPS) is 14.2. The summed E-state index contributed by atoms with van der Waals surface area (Å²) in [5, 5.41) is 5.59. The SMILES string of the molecule is CCCC(NC(=O)C(CCC(=O)OC(C)(C)C)NC(=O)OC(C)(C)C)C(C)C. The Labute approximate surface area is 170 Å². The van der Waals surface area contributed by atoms with Crippen molar-refractivity contribution >= 4 is 18.0 Å². The molecule has 0 heterocycles. The molecule has 0 aromatic carbocycles. The Bertz CT molecular complexity index is 518. The number of hydrogen-bond acceptors (Lipinski definition) is 5. The van der Waals surface area contributed by atoms with Crippen LogP contribution in [0.4, 0.5) is 4.79 Å². The van der Waals surface area contributed by atoms with Gasteiger partial charge in [-0.3, -0.25) is 9.59 Å². The number of alkyl carbamates (subject to hydrolysis) is 1. The third-order valence-electron chi connectivity index (χ3n) is 3.80. The van der Waals surface area contributed by atoms with Crippen LogP contribution in [0.3, 0.4) is 0 Å². The van der Waals surface area contributed by atoms with Crippen molar-refractivity contribution in [3.05, 3.63) is 0 Å². The second-order valence-corrected chi connectivity index (χ2v) is 9.47. The van der Waals surface area contributed by atoms with Gasteiger partial charge < -0.3 is 20.1 Å². The Morgan fingerprint density at radius 2 is 1.39 bits per heavy atom. The summed E-state index contributed by atoms with van der Waals surface area (Å²) in [6, 6.07) is -0.873. The highest BCUT2D eigenvalue weighted by Gasteiger charge is 2.28. The number of esters is 1. The number of carbonyl (C=O) groups excluding carboxylic acids is 3.